The molecule has 2 heterocycles. The summed E-state index contributed by atoms with van der Waals surface area (Å²) in [4.78, 5) is 5.75. The van der Waals surface area contributed by atoms with Crippen molar-refractivity contribution in [2.75, 3.05) is 13.2 Å². The van der Waals surface area contributed by atoms with Crippen LogP contribution in [0.3, 0.4) is 0 Å². The average molecular weight is 193 g/mol. The minimum atomic E-state index is 0.550. The Balaban J connectivity index is 2.02. The Morgan fingerprint density at radius 2 is 2.54 bits per heavy atom. The van der Waals surface area contributed by atoms with Gasteiger partial charge in [0.15, 0.2) is 0 Å². The third kappa shape index (κ3) is 1.22. The highest BCUT2D eigenvalue weighted by Gasteiger charge is 2.24. The van der Waals surface area contributed by atoms with Crippen molar-refractivity contribution < 1.29 is 0 Å². The molecule has 1 aliphatic carbocycles. The smallest absolute Gasteiger partial charge is 0.0801 e. The van der Waals surface area contributed by atoms with Crippen molar-refractivity contribution in [1.82, 2.24) is 15.6 Å². The molecule has 2 N–H and O–H groups in total. The van der Waals surface area contributed by atoms with Crippen LogP contribution in [0.4, 0.5) is 0 Å². The van der Waals surface area contributed by atoms with Gasteiger partial charge in [-0.2, -0.15) is 0 Å². The molecule has 0 aromatic carbocycles. The molecule has 1 aromatic rings. The molecule has 0 spiro atoms. The Labute approximate surface area is 80.9 Å². The SMILES string of the molecule is C1=C2CNCNC2Cc2scnc21. The minimum absolute atomic E-state index is 0.550. The van der Waals surface area contributed by atoms with Gasteiger partial charge in [0.2, 0.25) is 0 Å². The standard InChI is InChI=1S/C9H11N3S/c1-6-3-10-4-11-7(6)2-9-8(1)12-5-13-9/h1,5,7,10-11H,2-4H2. The van der Waals surface area contributed by atoms with Crippen molar-refractivity contribution in [3.8, 4) is 0 Å². The van der Waals surface area contributed by atoms with Crippen LogP contribution in [-0.2, 0) is 6.42 Å². The van der Waals surface area contributed by atoms with E-state index in [-0.39, 0.29) is 0 Å². The fourth-order valence-electron chi connectivity index (χ4n) is 1.92. The molecule has 4 heteroatoms. The first-order valence-electron chi connectivity index (χ1n) is 4.50. The van der Waals surface area contributed by atoms with E-state index in [4.69, 9.17) is 0 Å². The number of hydrogen-bond donors (Lipinski definition) is 2. The summed E-state index contributed by atoms with van der Waals surface area (Å²) < 4.78 is 0. The second-order valence-corrected chi connectivity index (χ2v) is 4.38. The van der Waals surface area contributed by atoms with Crippen LogP contribution >= 0.6 is 11.3 Å². The van der Waals surface area contributed by atoms with E-state index in [1.807, 2.05) is 5.51 Å². The van der Waals surface area contributed by atoms with Crippen LogP contribution in [-0.4, -0.2) is 24.2 Å². The fraction of sp³-hybridized carbons (Fsp3) is 0.444. The van der Waals surface area contributed by atoms with E-state index in [1.165, 1.54) is 16.1 Å². The maximum atomic E-state index is 4.33. The molecular formula is C9H11N3S. The predicted molar refractivity (Wildman–Crippen MR) is 53.6 cm³/mol. The lowest BCUT2D eigenvalue weighted by Gasteiger charge is -2.29. The second kappa shape index (κ2) is 2.90. The largest absolute Gasteiger partial charge is 0.301 e. The summed E-state index contributed by atoms with van der Waals surface area (Å²) in [6, 6.07) is 0.550. The molecule has 13 heavy (non-hydrogen) atoms. The summed E-state index contributed by atoms with van der Waals surface area (Å²) in [5.41, 5.74) is 4.57. The number of rotatable bonds is 0. The quantitative estimate of drug-likeness (QED) is 0.633. The van der Waals surface area contributed by atoms with Crippen molar-refractivity contribution in [2.24, 2.45) is 0 Å². The van der Waals surface area contributed by atoms with Gasteiger partial charge >= 0.3 is 0 Å². The van der Waals surface area contributed by atoms with Crippen molar-refractivity contribution >= 4 is 17.4 Å². The van der Waals surface area contributed by atoms with Gasteiger partial charge in [-0.05, 0) is 11.6 Å². The zero-order valence-corrected chi connectivity index (χ0v) is 8.03. The lowest BCUT2D eigenvalue weighted by molar-refractivity contribution is 0.467. The molecule has 0 amide bonds. The Morgan fingerprint density at radius 3 is 3.54 bits per heavy atom. The Hall–Kier alpha value is -0.710. The summed E-state index contributed by atoms with van der Waals surface area (Å²) in [5.74, 6) is 0. The molecule has 1 aliphatic heterocycles. The zero-order valence-electron chi connectivity index (χ0n) is 7.21. The lowest BCUT2D eigenvalue weighted by Crippen LogP contribution is -2.48. The number of fused-ring (bicyclic) bond motifs is 2. The Kier molecular flexibility index (Phi) is 1.71. The molecule has 1 atom stereocenters. The maximum absolute atomic E-state index is 4.33. The van der Waals surface area contributed by atoms with Gasteiger partial charge < -0.3 is 5.32 Å². The van der Waals surface area contributed by atoms with Gasteiger partial charge in [0.05, 0.1) is 11.2 Å². The fourth-order valence-corrected chi connectivity index (χ4v) is 2.71. The molecule has 0 bridgehead atoms. The highest BCUT2D eigenvalue weighted by Crippen LogP contribution is 2.26. The minimum Gasteiger partial charge on any atom is -0.301 e. The van der Waals surface area contributed by atoms with E-state index in [9.17, 15) is 0 Å². The molecule has 0 radical (unpaired) electrons. The first-order valence-corrected chi connectivity index (χ1v) is 5.38. The van der Waals surface area contributed by atoms with Gasteiger partial charge in [0.1, 0.15) is 0 Å². The van der Waals surface area contributed by atoms with E-state index in [1.54, 1.807) is 11.3 Å². The summed E-state index contributed by atoms with van der Waals surface area (Å²) in [6.45, 7) is 1.94. The monoisotopic (exact) mass is 193 g/mol. The topological polar surface area (TPSA) is 37.0 Å². The zero-order chi connectivity index (χ0) is 8.67. The number of nitrogens with zero attached hydrogens (tertiary/aromatic N) is 1. The van der Waals surface area contributed by atoms with Gasteiger partial charge in [-0.3, -0.25) is 5.32 Å². The maximum Gasteiger partial charge on any atom is 0.0801 e. The third-order valence-corrected chi connectivity index (χ3v) is 3.51. The van der Waals surface area contributed by atoms with Gasteiger partial charge in [0.25, 0.3) is 0 Å². The van der Waals surface area contributed by atoms with E-state index in [0.717, 1.165) is 19.6 Å². The van der Waals surface area contributed by atoms with E-state index in [2.05, 4.69) is 21.7 Å². The normalized spacial score (nSPS) is 26.2. The van der Waals surface area contributed by atoms with E-state index in [0.29, 0.717) is 6.04 Å². The molecule has 1 aromatic heterocycles. The first-order chi connectivity index (χ1) is 6.43. The van der Waals surface area contributed by atoms with Gasteiger partial charge in [-0.15, -0.1) is 11.3 Å². The van der Waals surface area contributed by atoms with Crippen LogP contribution in [0.5, 0.6) is 0 Å². The second-order valence-electron chi connectivity index (χ2n) is 3.44. The number of hydrogen-bond acceptors (Lipinski definition) is 4. The van der Waals surface area contributed by atoms with Gasteiger partial charge in [-0.1, -0.05) is 0 Å². The predicted octanol–water partition coefficient (Wildman–Crippen LogP) is 0.601. The molecule has 1 unspecified atom stereocenters. The van der Waals surface area contributed by atoms with Gasteiger partial charge in [-0.25, -0.2) is 4.98 Å². The van der Waals surface area contributed by atoms with Crippen molar-refractivity contribution in [1.29, 1.82) is 0 Å². The summed E-state index contributed by atoms with van der Waals surface area (Å²) in [5, 5.41) is 6.75. The Morgan fingerprint density at radius 1 is 1.54 bits per heavy atom. The first kappa shape index (κ1) is 7.67. The Bertz CT molecular complexity index is 355. The number of nitrogens with one attached hydrogen (secondary N) is 2. The van der Waals surface area contributed by atoms with Crippen molar-refractivity contribution in [3.05, 3.63) is 21.7 Å². The lowest BCUT2D eigenvalue weighted by atomic mass is 9.95. The van der Waals surface area contributed by atoms with Crippen LogP contribution in [0.15, 0.2) is 11.1 Å². The molecule has 1 saturated heterocycles. The van der Waals surface area contributed by atoms with Crippen LogP contribution in [0.1, 0.15) is 10.6 Å². The van der Waals surface area contributed by atoms with E-state index < -0.39 is 0 Å². The highest BCUT2D eigenvalue weighted by molar-refractivity contribution is 7.09. The molecule has 2 aliphatic rings. The molecule has 68 valence electrons. The van der Waals surface area contributed by atoms with Gasteiger partial charge in [0, 0.05) is 30.6 Å². The summed E-state index contributed by atoms with van der Waals surface area (Å²) in [7, 11) is 0. The van der Waals surface area contributed by atoms with Crippen LogP contribution < -0.4 is 10.6 Å². The third-order valence-electron chi connectivity index (χ3n) is 2.63. The molecule has 0 saturated carbocycles. The van der Waals surface area contributed by atoms with Crippen molar-refractivity contribution in [3.63, 3.8) is 0 Å². The number of aromatic nitrogens is 1. The molecule has 1 fully saturated rings. The molecular weight excluding hydrogens is 182 g/mol. The highest BCUT2D eigenvalue weighted by atomic mass is 32.1. The van der Waals surface area contributed by atoms with E-state index >= 15 is 0 Å². The van der Waals surface area contributed by atoms with Crippen molar-refractivity contribution in [2.45, 2.75) is 12.5 Å². The van der Waals surface area contributed by atoms with Crippen LogP contribution in [0.2, 0.25) is 0 Å². The molecule has 3 rings (SSSR count). The average Bonchev–Trinajstić information content (AvgIpc) is 2.61. The number of thiazole rings is 1. The summed E-state index contributed by atoms with van der Waals surface area (Å²) >= 11 is 1.77. The van der Waals surface area contributed by atoms with Crippen LogP contribution in [0.25, 0.3) is 6.08 Å². The molecule has 3 nitrogen and oxygen atoms in total. The van der Waals surface area contributed by atoms with Crippen LogP contribution in [0, 0.1) is 0 Å². The summed E-state index contributed by atoms with van der Waals surface area (Å²) in [6.07, 6.45) is 3.34.